The number of anilines is 1. The monoisotopic (exact) mass is 317 g/mol. The van der Waals surface area contributed by atoms with Gasteiger partial charge < -0.3 is 5.32 Å². The summed E-state index contributed by atoms with van der Waals surface area (Å²) in [6.07, 6.45) is 0.399. The number of para-hydroxylation sites is 1. The molecule has 1 unspecified atom stereocenters. The summed E-state index contributed by atoms with van der Waals surface area (Å²) < 4.78 is 37.2. The summed E-state index contributed by atoms with van der Waals surface area (Å²) in [6.45, 7) is 4.51. The van der Waals surface area contributed by atoms with Gasteiger partial charge in [0.05, 0.1) is 5.75 Å². The van der Waals surface area contributed by atoms with E-state index < -0.39 is 11.9 Å². The van der Waals surface area contributed by atoms with Gasteiger partial charge in [0.25, 0.3) is 0 Å². The van der Waals surface area contributed by atoms with Crippen molar-refractivity contribution in [3.8, 4) is 0 Å². The van der Waals surface area contributed by atoms with Crippen molar-refractivity contribution in [2.45, 2.75) is 56.6 Å². The van der Waals surface area contributed by atoms with Gasteiger partial charge in [-0.25, -0.2) is 0 Å². The minimum Gasteiger partial charge on any atom is -0.381 e. The SMILES string of the molecule is CC1(C)CCCC(Nc2ccccc2SCC(F)(F)F)C1. The van der Waals surface area contributed by atoms with Crippen molar-refractivity contribution in [2.24, 2.45) is 5.41 Å². The highest BCUT2D eigenvalue weighted by Gasteiger charge is 2.29. The van der Waals surface area contributed by atoms with Crippen molar-refractivity contribution in [2.75, 3.05) is 11.1 Å². The fraction of sp³-hybridized carbons (Fsp3) is 0.625. The van der Waals surface area contributed by atoms with Crippen LogP contribution in [0.4, 0.5) is 18.9 Å². The van der Waals surface area contributed by atoms with E-state index in [1.807, 2.05) is 12.1 Å². The zero-order chi connectivity index (χ0) is 15.5. The third-order valence-electron chi connectivity index (χ3n) is 3.84. The summed E-state index contributed by atoms with van der Waals surface area (Å²) in [7, 11) is 0. The predicted octanol–water partition coefficient (Wildman–Crippen LogP) is 5.72. The smallest absolute Gasteiger partial charge is 0.381 e. The predicted molar refractivity (Wildman–Crippen MR) is 82.9 cm³/mol. The number of benzene rings is 1. The third kappa shape index (κ3) is 5.46. The molecular weight excluding hydrogens is 295 g/mol. The second-order valence-corrected chi connectivity index (χ2v) is 7.52. The second kappa shape index (κ2) is 6.51. The Hall–Kier alpha value is -0.840. The molecule has 1 fully saturated rings. The Morgan fingerprint density at radius 2 is 2.00 bits per heavy atom. The van der Waals surface area contributed by atoms with Gasteiger partial charge >= 0.3 is 6.18 Å². The lowest BCUT2D eigenvalue weighted by Gasteiger charge is -2.36. The number of nitrogens with one attached hydrogen (secondary N) is 1. The van der Waals surface area contributed by atoms with Gasteiger partial charge in [-0.2, -0.15) is 13.2 Å². The number of halogens is 3. The Labute approximate surface area is 128 Å². The molecule has 0 spiro atoms. The van der Waals surface area contributed by atoms with E-state index in [4.69, 9.17) is 0 Å². The first-order valence-electron chi connectivity index (χ1n) is 7.30. The van der Waals surface area contributed by atoms with Gasteiger partial charge in [-0.3, -0.25) is 0 Å². The topological polar surface area (TPSA) is 12.0 Å². The Bertz CT molecular complexity index is 471. The fourth-order valence-corrected chi connectivity index (χ4v) is 3.69. The maximum absolute atomic E-state index is 12.4. The summed E-state index contributed by atoms with van der Waals surface area (Å²) in [6, 6.07) is 7.64. The van der Waals surface area contributed by atoms with Crippen molar-refractivity contribution < 1.29 is 13.2 Å². The Morgan fingerprint density at radius 3 is 2.67 bits per heavy atom. The Morgan fingerprint density at radius 1 is 1.29 bits per heavy atom. The van der Waals surface area contributed by atoms with E-state index in [1.165, 1.54) is 12.8 Å². The van der Waals surface area contributed by atoms with Gasteiger partial charge in [-0.15, -0.1) is 11.8 Å². The molecule has 1 saturated carbocycles. The normalized spacial score (nSPS) is 22.0. The lowest BCUT2D eigenvalue weighted by molar-refractivity contribution is -0.105. The van der Waals surface area contributed by atoms with E-state index in [-0.39, 0.29) is 0 Å². The average Bonchev–Trinajstić information content (AvgIpc) is 2.35. The summed E-state index contributed by atoms with van der Waals surface area (Å²) in [5.74, 6) is -0.845. The maximum atomic E-state index is 12.4. The highest BCUT2D eigenvalue weighted by atomic mass is 32.2. The van der Waals surface area contributed by atoms with E-state index in [1.54, 1.807) is 12.1 Å². The molecule has 1 aliphatic rings. The van der Waals surface area contributed by atoms with Crippen LogP contribution < -0.4 is 5.32 Å². The van der Waals surface area contributed by atoms with E-state index in [2.05, 4.69) is 19.2 Å². The van der Waals surface area contributed by atoms with Gasteiger partial charge in [0.2, 0.25) is 0 Å². The van der Waals surface area contributed by atoms with Crippen LogP contribution in [-0.4, -0.2) is 18.0 Å². The maximum Gasteiger partial charge on any atom is 0.398 e. The lowest BCUT2D eigenvalue weighted by Crippen LogP contribution is -2.31. The standard InChI is InChI=1S/C16H22F3NS/c1-15(2)9-5-6-12(10-15)20-13-7-3-4-8-14(13)21-11-16(17,18)19/h3-4,7-8,12,20H,5-6,9-11H2,1-2H3. The zero-order valence-electron chi connectivity index (χ0n) is 12.5. The molecule has 0 heterocycles. The molecule has 1 nitrogen and oxygen atoms in total. The van der Waals surface area contributed by atoms with Crippen LogP contribution >= 0.6 is 11.8 Å². The molecule has 5 heteroatoms. The Kier molecular flexibility index (Phi) is 5.12. The van der Waals surface area contributed by atoms with Crippen LogP contribution in [0.3, 0.4) is 0 Å². The number of hydrogen-bond acceptors (Lipinski definition) is 2. The first-order valence-corrected chi connectivity index (χ1v) is 8.29. The molecule has 0 aromatic heterocycles. The van der Waals surface area contributed by atoms with Gasteiger partial charge in [-0.1, -0.05) is 32.4 Å². The summed E-state index contributed by atoms with van der Waals surface area (Å²) in [4.78, 5) is 0.679. The van der Waals surface area contributed by atoms with Gasteiger partial charge in [-0.05, 0) is 36.8 Å². The molecule has 0 saturated heterocycles. The average molecular weight is 317 g/mol. The molecule has 0 radical (unpaired) electrons. The van der Waals surface area contributed by atoms with E-state index in [0.717, 1.165) is 30.3 Å². The second-order valence-electron chi connectivity index (χ2n) is 6.50. The van der Waals surface area contributed by atoms with Crippen LogP contribution in [0.25, 0.3) is 0 Å². The van der Waals surface area contributed by atoms with Gasteiger partial charge in [0.1, 0.15) is 0 Å². The van der Waals surface area contributed by atoms with Crippen molar-refractivity contribution in [1.82, 2.24) is 0 Å². The van der Waals surface area contributed by atoms with Crippen LogP contribution in [0.15, 0.2) is 29.2 Å². The van der Waals surface area contributed by atoms with E-state index in [0.29, 0.717) is 16.4 Å². The zero-order valence-corrected chi connectivity index (χ0v) is 13.3. The molecule has 0 bridgehead atoms. The largest absolute Gasteiger partial charge is 0.398 e. The fourth-order valence-electron chi connectivity index (χ4n) is 2.91. The minimum absolute atomic E-state index is 0.309. The summed E-state index contributed by atoms with van der Waals surface area (Å²) in [5.41, 5.74) is 1.14. The third-order valence-corrected chi connectivity index (χ3v) is 4.98. The molecule has 21 heavy (non-hydrogen) atoms. The molecule has 1 N–H and O–H groups in total. The van der Waals surface area contributed by atoms with Gasteiger partial charge in [0.15, 0.2) is 0 Å². The highest BCUT2D eigenvalue weighted by molar-refractivity contribution is 7.99. The quantitative estimate of drug-likeness (QED) is 0.713. The van der Waals surface area contributed by atoms with Crippen molar-refractivity contribution in [1.29, 1.82) is 0 Å². The molecule has 1 aromatic rings. The van der Waals surface area contributed by atoms with E-state index in [9.17, 15) is 13.2 Å². The molecular formula is C16H22F3NS. The molecule has 1 atom stereocenters. The molecule has 1 aliphatic carbocycles. The summed E-state index contributed by atoms with van der Waals surface area (Å²) >= 11 is 0.855. The van der Waals surface area contributed by atoms with Crippen molar-refractivity contribution in [3.05, 3.63) is 24.3 Å². The molecule has 118 valence electrons. The molecule has 2 rings (SSSR count). The van der Waals surface area contributed by atoms with Crippen molar-refractivity contribution >= 4 is 17.4 Å². The van der Waals surface area contributed by atoms with Crippen LogP contribution in [-0.2, 0) is 0 Å². The van der Waals surface area contributed by atoms with Crippen LogP contribution in [0.2, 0.25) is 0 Å². The van der Waals surface area contributed by atoms with Crippen LogP contribution in [0, 0.1) is 5.41 Å². The lowest BCUT2D eigenvalue weighted by atomic mass is 9.75. The summed E-state index contributed by atoms with van der Waals surface area (Å²) in [5, 5.41) is 3.45. The number of hydrogen-bond donors (Lipinski definition) is 1. The molecule has 0 aliphatic heterocycles. The number of alkyl halides is 3. The van der Waals surface area contributed by atoms with Crippen LogP contribution in [0.5, 0.6) is 0 Å². The minimum atomic E-state index is -4.13. The first kappa shape index (κ1) is 16.5. The molecule has 1 aromatic carbocycles. The van der Waals surface area contributed by atoms with Crippen LogP contribution in [0.1, 0.15) is 39.5 Å². The molecule has 0 amide bonds. The van der Waals surface area contributed by atoms with E-state index >= 15 is 0 Å². The van der Waals surface area contributed by atoms with Gasteiger partial charge in [0, 0.05) is 16.6 Å². The first-order chi connectivity index (χ1) is 9.75. The van der Waals surface area contributed by atoms with Crippen molar-refractivity contribution in [3.63, 3.8) is 0 Å². The Balaban J connectivity index is 2.02. The number of thioether (sulfide) groups is 1. The highest BCUT2D eigenvalue weighted by Crippen LogP contribution is 2.38. The number of rotatable bonds is 4.